The van der Waals surface area contributed by atoms with Crippen LogP contribution in [0.5, 0.6) is 0 Å². The highest BCUT2D eigenvalue weighted by atomic mass is 79.9. The molecule has 0 saturated carbocycles. The van der Waals surface area contributed by atoms with Gasteiger partial charge in [0.25, 0.3) is 5.91 Å². The Morgan fingerprint density at radius 2 is 2.00 bits per heavy atom. The average Bonchev–Trinajstić information content (AvgIpc) is 2.35. The monoisotopic (exact) mass is 325 g/mol. The minimum Gasteiger partial charge on any atom is -0.397 e. The molecule has 0 aliphatic carbocycles. The van der Waals surface area contributed by atoms with E-state index in [2.05, 4.69) is 26.2 Å². The van der Waals surface area contributed by atoms with Crippen molar-refractivity contribution >= 4 is 44.8 Å². The highest BCUT2D eigenvalue weighted by Gasteiger charge is 2.12. The molecule has 0 unspecified atom stereocenters. The van der Waals surface area contributed by atoms with Crippen LogP contribution in [0.15, 0.2) is 41.0 Å². The van der Waals surface area contributed by atoms with E-state index >= 15 is 0 Å². The fourth-order valence-corrected chi connectivity index (χ4v) is 1.81. The summed E-state index contributed by atoms with van der Waals surface area (Å²) in [5.41, 5.74) is 6.88. The van der Waals surface area contributed by atoms with Gasteiger partial charge in [0, 0.05) is 10.2 Å². The Morgan fingerprint density at radius 1 is 1.33 bits per heavy atom. The van der Waals surface area contributed by atoms with Crippen LogP contribution in [0.1, 0.15) is 10.4 Å². The number of carbonyl (C=O) groups excluding carboxylic acids is 1. The Labute approximate surface area is 117 Å². The van der Waals surface area contributed by atoms with Crippen molar-refractivity contribution in [1.29, 1.82) is 0 Å². The molecule has 18 heavy (non-hydrogen) atoms. The zero-order chi connectivity index (χ0) is 13.1. The van der Waals surface area contributed by atoms with E-state index in [0.29, 0.717) is 11.4 Å². The summed E-state index contributed by atoms with van der Waals surface area (Å²) in [6.45, 7) is 0. The van der Waals surface area contributed by atoms with E-state index in [0.717, 1.165) is 4.47 Å². The van der Waals surface area contributed by atoms with Gasteiger partial charge < -0.3 is 11.1 Å². The van der Waals surface area contributed by atoms with E-state index < -0.39 is 0 Å². The summed E-state index contributed by atoms with van der Waals surface area (Å²) in [6, 6.07) is 8.69. The molecule has 92 valence electrons. The maximum Gasteiger partial charge on any atom is 0.258 e. The Bertz CT molecular complexity index is 586. The van der Waals surface area contributed by atoms with Crippen LogP contribution in [0.4, 0.5) is 11.4 Å². The Morgan fingerprint density at radius 3 is 2.67 bits per heavy atom. The summed E-state index contributed by atoms with van der Waals surface area (Å²) >= 11 is 9.16. The second-order valence-electron chi connectivity index (χ2n) is 3.57. The van der Waals surface area contributed by atoms with E-state index in [-0.39, 0.29) is 16.6 Å². The summed E-state index contributed by atoms with van der Waals surface area (Å²) < 4.78 is 0.934. The van der Waals surface area contributed by atoms with Gasteiger partial charge in [0.1, 0.15) is 5.15 Å². The van der Waals surface area contributed by atoms with Crippen molar-refractivity contribution in [2.75, 3.05) is 11.1 Å². The molecule has 6 heteroatoms. The summed E-state index contributed by atoms with van der Waals surface area (Å²) in [4.78, 5) is 15.8. The third-order valence-corrected chi connectivity index (χ3v) is 3.04. The van der Waals surface area contributed by atoms with Crippen LogP contribution in [-0.4, -0.2) is 10.9 Å². The zero-order valence-electron chi connectivity index (χ0n) is 9.15. The predicted octanol–water partition coefficient (Wildman–Crippen LogP) is 3.33. The molecule has 0 fully saturated rings. The lowest BCUT2D eigenvalue weighted by molar-refractivity contribution is 0.102. The number of amides is 1. The highest BCUT2D eigenvalue weighted by Crippen LogP contribution is 2.19. The number of hydrogen-bond acceptors (Lipinski definition) is 3. The lowest BCUT2D eigenvalue weighted by atomic mass is 10.2. The first-order chi connectivity index (χ1) is 8.56. The standard InChI is InChI=1S/C12H9BrClN3O/c13-7-1-3-9(4-2-7)17-12(18)10-5-8(15)6-16-11(10)14/h1-6H,15H2,(H,17,18). The number of benzene rings is 1. The second kappa shape index (κ2) is 5.37. The fourth-order valence-electron chi connectivity index (χ4n) is 1.36. The SMILES string of the molecule is Nc1cnc(Cl)c(C(=O)Nc2ccc(Br)cc2)c1. The van der Waals surface area contributed by atoms with E-state index in [1.807, 2.05) is 12.1 Å². The maximum absolute atomic E-state index is 12.0. The van der Waals surface area contributed by atoms with Gasteiger partial charge in [-0.05, 0) is 30.3 Å². The normalized spacial score (nSPS) is 10.1. The van der Waals surface area contributed by atoms with Crippen LogP contribution in [0.2, 0.25) is 5.15 Å². The molecule has 0 radical (unpaired) electrons. The van der Waals surface area contributed by atoms with E-state index in [1.54, 1.807) is 12.1 Å². The van der Waals surface area contributed by atoms with Gasteiger partial charge in [0.15, 0.2) is 0 Å². The van der Waals surface area contributed by atoms with Crippen molar-refractivity contribution in [2.24, 2.45) is 0 Å². The van der Waals surface area contributed by atoms with Crippen LogP contribution >= 0.6 is 27.5 Å². The quantitative estimate of drug-likeness (QED) is 0.832. The number of carbonyl (C=O) groups is 1. The van der Waals surface area contributed by atoms with Gasteiger partial charge >= 0.3 is 0 Å². The molecule has 0 saturated heterocycles. The summed E-state index contributed by atoms with van der Waals surface area (Å²) in [5, 5.41) is 2.84. The molecule has 3 N–H and O–H groups in total. The largest absolute Gasteiger partial charge is 0.397 e. The molecule has 1 amide bonds. The Balaban J connectivity index is 2.21. The summed E-state index contributed by atoms with van der Waals surface area (Å²) in [6.07, 6.45) is 1.40. The van der Waals surface area contributed by atoms with Gasteiger partial charge in [-0.15, -0.1) is 0 Å². The average molecular weight is 327 g/mol. The van der Waals surface area contributed by atoms with Crippen molar-refractivity contribution in [1.82, 2.24) is 4.98 Å². The second-order valence-corrected chi connectivity index (χ2v) is 4.84. The molecule has 0 aliphatic rings. The molecule has 4 nitrogen and oxygen atoms in total. The lowest BCUT2D eigenvalue weighted by Crippen LogP contribution is -2.13. The van der Waals surface area contributed by atoms with E-state index in [4.69, 9.17) is 17.3 Å². The molecule has 1 heterocycles. The number of nitrogens with zero attached hydrogens (tertiary/aromatic N) is 1. The van der Waals surface area contributed by atoms with Gasteiger partial charge in [-0.1, -0.05) is 27.5 Å². The molecular formula is C12H9BrClN3O. The molecule has 1 aromatic carbocycles. The van der Waals surface area contributed by atoms with Crippen LogP contribution < -0.4 is 11.1 Å². The van der Waals surface area contributed by atoms with Crippen LogP contribution in [0, 0.1) is 0 Å². The first-order valence-corrected chi connectivity index (χ1v) is 6.21. The number of rotatable bonds is 2. The van der Waals surface area contributed by atoms with Gasteiger partial charge in [0.2, 0.25) is 0 Å². The van der Waals surface area contributed by atoms with Crippen LogP contribution in [0.3, 0.4) is 0 Å². The van der Waals surface area contributed by atoms with Crippen LogP contribution in [0.25, 0.3) is 0 Å². The number of aromatic nitrogens is 1. The molecule has 0 bridgehead atoms. The highest BCUT2D eigenvalue weighted by molar-refractivity contribution is 9.10. The van der Waals surface area contributed by atoms with Gasteiger partial charge in [-0.2, -0.15) is 0 Å². The molecule has 0 spiro atoms. The lowest BCUT2D eigenvalue weighted by Gasteiger charge is -2.07. The number of anilines is 2. The first kappa shape index (κ1) is 12.9. The minimum atomic E-state index is -0.345. The molecule has 2 aromatic rings. The number of nitrogens with one attached hydrogen (secondary N) is 1. The van der Waals surface area contributed by atoms with E-state index in [9.17, 15) is 4.79 Å². The van der Waals surface area contributed by atoms with Crippen molar-refractivity contribution in [3.63, 3.8) is 0 Å². The van der Waals surface area contributed by atoms with Crippen molar-refractivity contribution in [2.45, 2.75) is 0 Å². The molecular weight excluding hydrogens is 318 g/mol. The molecule has 0 atom stereocenters. The maximum atomic E-state index is 12.0. The number of nitrogen functional groups attached to an aromatic ring is 1. The number of halogens is 2. The third-order valence-electron chi connectivity index (χ3n) is 2.21. The topological polar surface area (TPSA) is 68.0 Å². The van der Waals surface area contributed by atoms with Crippen molar-refractivity contribution in [3.05, 3.63) is 51.7 Å². The smallest absolute Gasteiger partial charge is 0.258 e. The van der Waals surface area contributed by atoms with Gasteiger partial charge in [-0.25, -0.2) is 4.98 Å². The molecule has 2 rings (SSSR count). The summed E-state index contributed by atoms with van der Waals surface area (Å²) in [7, 11) is 0. The summed E-state index contributed by atoms with van der Waals surface area (Å²) in [5.74, 6) is -0.345. The molecule has 0 aliphatic heterocycles. The van der Waals surface area contributed by atoms with Gasteiger partial charge in [-0.3, -0.25) is 4.79 Å². The Hall–Kier alpha value is -1.59. The third kappa shape index (κ3) is 3.00. The number of hydrogen-bond donors (Lipinski definition) is 2. The first-order valence-electron chi connectivity index (χ1n) is 5.04. The zero-order valence-corrected chi connectivity index (χ0v) is 11.5. The fraction of sp³-hybridized carbons (Fsp3) is 0. The Kier molecular flexibility index (Phi) is 3.84. The number of pyridine rings is 1. The van der Waals surface area contributed by atoms with E-state index in [1.165, 1.54) is 12.3 Å². The van der Waals surface area contributed by atoms with Crippen molar-refractivity contribution < 1.29 is 4.79 Å². The van der Waals surface area contributed by atoms with Gasteiger partial charge in [0.05, 0.1) is 17.4 Å². The molecule has 1 aromatic heterocycles. The van der Waals surface area contributed by atoms with Crippen molar-refractivity contribution in [3.8, 4) is 0 Å². The van der Waals surface area contributed by atoms with Crippen LogP contribution in [-0.2, 0) is 0 Å². The predicted molar refractivity (Wildman–Crippen MR) is 75.8 cm³/mol. The number of nitrogens with two attached hydrogens (primary N) is 1. The minimum absolute atomic E-state index is 0.124.